The summed E-state index contributed by atoms with van der Waals surface area (Å²) in [6.07, 6.45) is 3.06. The summed E-state index contributed by atoms with van der Waals surface area (Å²) in [6, 6.07) is 8.98. The molecule has 1 saturated heterocycles. The van der Waals surface area contributed by atoms with Crippen LogP contribution in [0.2, 0.25) is 0 Å². The third-order valence-electron chi connectivity index (χ3n) is 5.40. The van der Waals surface area contributed by atoms with E-state index >= 15 is 0 Å². The first-order chi connectivity index (χ1) is 17.2. The molecule has 1 atom stereocenters. The molecule has 36 heavy (non-hydrogen) atoms. The van der Waals surface area contributed by atoms with Crippen molar-refractivity contribution < 1.29 is 29.0 Å². The van der Waals surface area contributed by atoms with Gasteiger partial charge in [-0.15, -0.1) is 0 Å². The van der Waals surface area contributed by atoms with E-state index in [4.69, 9.17) is 9.47 Å². The zero-order valence-electron chi connectivity index (χ0n) is 20.2. The number of thiazole rings is 1. The average molecular weight is 508 g/mol. The fourth-order valence-corrected chi connectivity index (χ4v) is 4.86. The molecule has 1 unspecified atom stereocenters. The Morgan fingerprint density at radius 3 is 2.53 bits per heavy atom. The first kappa shape index (κ1) is 25.1. The molecule has 3 heterocycles. The number of aliphatic hydroxyl groups excluding tert-OH is 1. The van der Waals surface area contributed by atoms with Gasteiger partial charge >= 0.3 is 11.9 Å². The van der Waals surface area contributed by atoms with Gasteiger partial charge in [0.05, 0.1) is 30.0 Å². The predicted molar refractivity (Wildman–Crippen MR) is 134 cm³/mol. The van der Waals surface area contributed by atoms with Crippen molar-refractivity contribution in [3.63, 3.8) is 0 Å². The maximum Gasteiger partial charge on any atom is 0.350 e. The van der Waals surface area contributed by atoms with Crippen LogP contribution < -0.4 is 9.64 Å². The molecule has 1 aliphatic rings. The van der Waals surface area contributed by atoms with Crippen molar-refractivity contribution in [1.29, 1.82) is 0 Å². The second kappa shape index (κ2) is 10.3. The van der Waals surface area contributed by atoms with Crippen LogP contribution in [0.15, 0.2) is 54.4 Å². The summed E-state index contributed by atoms with van der Waals surface area (Å²) < 4.78 is 10.7. The van der Waals surface area contributed by atoms with Crippen LogP contribution in [0.5, 0.6) is 5.75 Å². The summed E-state index contributed by atoms with van der Waals surface area (Å²) in [5, 5.41) is 11.4. The number of anilines is 1. The third-order valence-corrected chi connectivity index (χ3v) is 6.53. The Morgan fingerprint density at radius 1 is 1.19 bits per heavy atom. The Balaban J connectivity index is 1.83. The van der Waals surface area contributed by atoms with Gasteiger partial charge in [0.15, 0.2) is 5.13 Å². The van der Waals surface area contributed by atoms with Crippen molar-refractivity contribution >= 4 is 39.9 Å². The lowest BCUT2D eigenvalue weighted by molar-refractivity contribution is -0.132. The summed E-state index contributed by atoms with van der Waals surface area (Å²) >= 11 is 0.952. The number of rotatable bonds is 7. The smallest absolute Gasteiger partial charge is 0.350 e. The quantitative estimate of drug-likeness (QED) is 0.216. The highest BCUT2D eigenvalue weighted by Gasteiger charge is 2.48. The second-order valence-corrected chi connectivity index (χ2v) is 9.26. The minimum absolute atomic E-state index is 0.0263. The monoisotopic (exact) mass is 507 g/mol. The first-order valence-corrected chi connectivity index (χ1v) is 12.2. The van der Waals surface area contributed by atoms with E-state index in [0.717, 1.165) is 11.3 Å². The number of carbonyl (C=O) groups is 3. The molecule has 0 aliphatic carbocycles. The summed E-state index contributed by atoms with van der Waals surface area (Å²) in [6.45, 7) is 7.31. The minimum atomic E-state index is -0.995. The number of nitrogens with zero attached hydrogens (tertiary/aromatic N) is 3. The predicted octanol–water partition coefficient (Wildman–Crippen LogP) is 4.44. The number of ether oxygens (including phenoxy) is 2. The van der Waals surface area contributed by atoms with Crippen LogP contribution in [0, 0.1) is 6.92 Å². The Hall–Kier alpha value is -4.05. The zero-order valence-corrected chi connectivity index (χ0v) is 21.0. The maximum atomic E-state index is 13.3. The van der Waals surface area contributed by atoms with Gasteiger partial charge < -0.3 is 14.6 Å². The molecule has 1 fully saturated rings. The summed E-state index contributed by atoms with van der Waals surface area (Å²) in [5.41, 5.74) is 1.13. The Morgan fingerprint density at radius 2 is 1.92 bits per heavy atom. The SMILES string of the molecule is CCOC(=O)c1sc(N2C(=O)C(=O)/C(=C(/O)c3ccc(OC(C)C)cc3)C2c2cccnc2)nc1C. The van der Waals surface area contributed by atoms with Crippen LogP contribution in [0.25, 0.3) is 5.76 Å². The molecule has 2 aromatic heterocycles. The van der Waals surface area contributed by atoms with E-state index in [1.54, 1.807) is 56.4 Å². The number of esters is 1. The van der Waals surface area contributed by atoms with Gasteiger partial charge in [-0.05, 0) is 63.6 Å². The first-order valence-electron chi connectivity index (χ1n) is 11.4. The molecule has 186 valence electrons. The third kappa shape index (κ3) is 4.72. The molecule has 0 radical (unpaired) electrons. The fraction of sp³-hybridized carbons (Fsp3) is 0.269. The number of aliphatic hydroxyl groups is 1. The van der Waals surface area contributed by atoms with Crippen LogP contribution in [0.1, 0.15) is 53.3 Å². The molecule has 4 rings (SSSR count). The van der Waals surface area contributed by atoms with E-state index in [0.29, 0.717) is 22.6 Å². The minimum Gasteiger partial charge on any atom is -0.507 e. The second-order valence-electron chi connectivity index (χ2n) is 8.28. The number of carbonyl (C=O) groups excluding carboxylic acids is 3. The van der Waals surface area contributed by atoms with Crippen molar-refractivity contribution in [1.82, 2.24) is 9.97 Å². The Labute approximate surface area is 212 Å². The van der Waals surface area contributed by atoms with Gasteiger partial charge in [-0.3, -0.25) is 19.5 Å². The van der Waals surface area contributed by atoms with Crippen LogP contribution >= 0.6 is 11.3 Å². The van der Waals surface area contributed by atoms with E-state index in [9.17, 15) is 19.5 Å². The Bertz CT molecular complexity index is 1330. The van der Waals surface area contributed by atoms with E-state index in [1.807, 2.05) is 13.8 Å². The number of Topliss-reactive ketones (excluding diaryl/α,β-unsaturated/α-hetero) is 1. The van der Waals surface area contributed by atoms with Gasteiger partial charge in [0.2, 0.25) is 0 Å². The van der Waals surface area contributed by atoms with Crippen LogP contribution in [-0.2, 0) is 14.3 Å². The van der Waals surface area contributed by atoms with Crippen molar-refractivity contribution in [2.24, 2.45) is 0 Å². The lowest BCUT2D eigenvalue weighted by Gasteiger charge is -2.22. The maximum absolute atomic E-state index is 13.3. The topological polar surface area (TPSA) is 119 Å². The number of aryl methyl sites for hydroxylation is 1. The average Bonchev–Trinajstić information content (AvgIpc) is 3.36. The molecule has 0 saturated carbocycles. The van der Waals surface area contributed by atoms with E-state index < -0.39 is 23.7 Å². The molecule has 1 N–H and O–H groups in total. The highest BCUT2D eigenvalue weighted by Crippen LogP contribution is 2.43. The largest absolute Gasteiger partial charge is 0.507 e. The lowest BCUT2D eigenvalue weighted by atomic mass is 9.96. The molecule has 1 amide bonds. The molecule has 10 heteroatoms. The summed E-state index contributed by atoms with van der Waals surface area (Å²) in [5.74, 6) is -2.02. The van der Waals surface area contributed by atoms with Crippen molar-refractivity contribution in [2.75, 3.05) is 11.5 Å². The highest BCUT2D eigenvalue weighted by atomic mass is 32.1. The standard InChI is InChI=1S/C26H25N3O6S/c1-5-34-25(33)23-15(4)28-26(36-23)29-20(17-7-6-12-27-13-17)19(22(31)24(29)32)21(30)16-8-10-18(11-9-16)35-14(2)3/h6-14,20,30H,5H2,1-4H3/b21-19+. The molecule has 1 aliphatic heterocycles. The van der Waals surface area contributed by atoms with Gasteiger partial charge in [0, 0.05) is 18.0 Å². The van der Waals surface area contributed by atoms with E-state index in [1.165, 1.54) is 11.1 Å². The van der Waals surface area contributed by atoms with E-state index in [2.05, 4.69) is 9.97 Å². The lowest BCUT2D eigenvalue weighted by Crippen LogP contribution is -2.29. The number of pyridine rings is 1. The molecule has 0 spiro atoms. The molecule has 1 aromatic carbocycles. The van der Waals surface area contributed by atoms with Crippen LogP contribution in [-0.4, -0.2) is 45.4 Å². The zero-order chi connectivity index (χ0) is 26.0. The van der Waals surface area contributed by atoms with E-state index in [-0.39, 0.29) is 34.1 Å². The van der Waals surface area contributed by atoms with Gasteiger partial charge in [-0.25, -0.2) is 9.78 Å². The van der Waals surface area contributed by atoms with Gasteiger partial charge in [-0.2, -0.15) is 0 Å². The number of hydrogen-bond donors (Lipinski definition) is 1. The Kier molecular flexibility index (Phi) is 7.16. The molecule has 3 aromatic rings. The number of benzene rings is 1. The summed E-state index contributed by atoms with van der Waals surface area (Å²) in [7, 11) is 0. The molecular formula is C26H25N3O6S. The van der Waals surface area contributed by atoms with Crippen LogP contribution in [0.3, 0.4) is 0 Å². The van der Waals surface area contributed by atoms with Crippen molar-refractivity contribution in [3.8, 4) is 5.75 Å². The van der Waals surface area contributed by atoms with Gasteiger partial charge in [0.1, 0.15) is 16.4 Å². The summed E-state index contributed by atoms with van der Waals surface area (Å²) in [4.78, 5) is 48.8. The molecular weight excluding hydrogens is 482 g/mol. The number of amides is 1. The number of ketones is 1. The number of hydrogen-bond acceptors (Lipinski definition) is 9. The fourth-order valence-electron chi connectivity index (χ4n) is 3.87. The number of aromatic nitrogens is 2. The van der Waals surface area contributed by atoms with Crippen LogP contribution in [0.4, 0.5) is 5.13 Å². The van der Waals surface area contributed by atoms with Crippen molar-refractivity contribution in [3.05, 3.63) is 76.1 Å². The normalized spacial score (nSPS) is 17.0. The van der Waals surface area contributed by atoms with Gasteiger partial charge in [-0.1, -0.05) is 17.4 Å². The molecule has 0 bridgehead atoms. The highest BCUT2D eigenvalue weighted by molar-refractivity contribution is 7.17. The molecule has 9 nitrogen and oxygen atoms in total. The van der Waals surface area contributed by atoms with Crippen molar-refractivity contribution in [2.45, 2.75) is 39.8 Å². The van der Waals surface area contributed by atoms with Gasteiger partial charge in [0.25, 0.3) is 5.78 Å².